The molecule has 13 heavy (non-hydrogen) atoms. The molecule has 0 spiro atoms. The van der Waals surface area contributed by atoms with E-state index >= 15 is 0 Å². The highest BCUT2D eigenvalue weighted by Crippen LogP contribution is 2.29. The molecule has 0 radical (unpaired) electrons. The van der Waals surface area contributed by atoms with E-state index in [0.717, 1.165) is 18.4 Å². The minimum Gasteiger partial charge on any atom is -0.396 e. The average molecular weight is 179 g/mol. The van der Waals surface area contributed by atoms with Crippen LogP contribution in [0.3, 0.4) is 0 Å². The molecule has 0 bridgehead atoms. The Morgan fingerprint density at radius 2 is 1.92 bits per heavy atom. The molecule has 0 atom stereocenters. The van der Waals surface area contributed by atoms with Gasteiger partial charge in [0.15, 0.2) is 0 Å². The Bertz CT molecular complexity index is 279. The average Bonchev–Trinajstić information content (AvgIpc) is 2.14. The molecule has 0 fully saturated rings. The van der Waals surface area contributed by atoms with Crippen molar-refractivity contribution in [2.75, 3.05) is 11.5 Å². The zero-order chi connectivity index (χ0) is 9.84. The van der Waals surface area contributed by atoms with Gasteiger partial charge in [-0.3, -0.25) is 0 Å². The number of anilines is 2. The van der Waals surface area contributed by atoms with Gasteiger partial charge in [-0.15, -0.1) is 0 Å². The summed E-state index contributed by atoms with van der Waals surface area (Å²) in [6.45, 7) is 4.31. The summed E-state index contributed by atoms with van der Waals surface area (Å²) in [4.78, 5) is 3.94. The first-order valence-electron chi connectivity index (χ1n) is 4.70. The quantitative estimate of drug-likeness (QED) is 0.747. The van der Waals surface area contributed by atoms with Crippen LogP contribution in [0, 0.1) is 0 Å². The summed E-state index contributed by atoms with van der Waals surface area (Å²) in [6.07, 6.45) is 3.90. The molecule has 1 rings (SSSR count). The number of pyridine rings is 1. The van der Waals surface area contributed by atoms with Crippen LogP contribution < -0.4 is 11.5 Å². The fourth-order valence-corrected chi connectivity index (χ4v) is 1.59. The lowest BCUT2D eigenvalue weighted by atomic mass is 9.93. The van der Waals surface area contributed by atoms with E-state index in [1.165, 1.54) is 0 Å². The lowest BCUT2D eigenvalue weighted by Gasteiger charge is -2.15. The molecular weight excluding hydrogens is 162 g/mol. The van der Waals surface area contributed by atoms with Gasteiger partial charge in [0, 0.05) is 6.20 Å². The van der Waals surface area contributed by atoms with Crippen molar-refractivity contribution in [3.8, 4) is 0 Å². The monoisotopic (exact) mass is 179 g/mol. The topological polar surface area (TPSA) is 64.9 Å². The Morgan fingerprint density at radius 3 is 2.46 bits per heavy atom. The molecule has 1 heterocycles. The number of hydrogen-bond donors (Lipinski definition) is 2. The van der Waals surface area contributed by atoms with Crippen LogP contribution in [0.25, 0.3) is 0 Å². The van der Waals surface area contributed by atoms with Gasteiger partial charge in [-0.1, -0.05) is 13.8 Å². The van der Waals surface area contributed by atoms with Gasteiger partial charge in [-0.2, -0.15) is 0 Å². The van der Waals surface area contributed by atoms with Gasteiger partial charge in [0.25, 0.3) is 0 Å². The maximum atomic E-state index is 5.85. The Balaban J connectivity index is 3.05. The maximum Gasteiger partial charge on any atom is 0.146 e. The van der Waals surface area contributed by atoms with Crippen molar-refractivity contribution in [2.45, 2.75) is 32.6 Å². The van der Waals surface area contributed by atoms with Crippen LogP contribution in [0.2, 0.25) is 0 Å². The van der Waals surface area contributed by atoms with Crippen LogP contribution in [-0.2, 0) is 0 Å². The molecule has 3 nitrogen and oxygen atoms in total. The molecule has 0 saturated heterocycles. The normalized spacial score (nSPS) is 10.7. The Labute approximate surface area is 79.2 Å². The van der Waals surface area contributed by atoms with Crippen molar-refractivity contribution < 1.29 is 0 Å². The van der Waals surface area contributed by atoms with Gasteiger partial charge in [0.05, 0.1) is 5.69 Å². The lowest BCUT2D eigenvalue weighted by Crippen LogP contribution is -2.05. The molecule has 0 saturated carbocycles. The van der Waals surface area contributed by atoms with E-state index in [-0.39, 0.29) is 0 Å². The summed E-state index contributed by atoms with van der Waals surface area (Å²) in [7, 11) is 0. The van der Waals surface area contributed by atoms with Crippen LogP contribution in [0.5, 0.6) is 0 Å². The Kier molecular flexibility index (Phi) is 3.12. The molecule has 0 aliphatic rings. The van der Waals surface area contributed by atoms with Crippen LogP contribution in [0.4, 0.5) is 11.5 Å². The smallest absolute Gasteiger partial charge is 0.146 e. The van der Waals surface area contributed by atoms with E-state index in [1.54, 1.807) is 6.20 Å². The van der Waals surface area contributed by atoms with Gasteiger partial charge in [0.2, 0.25) is 0 Å². The minimum absolute atomic E-state index is 0.449. The van der Waals surface area contributed by atoms with E-state index in [9.17, 15) is 0 Å². The van der Waals surface area contributed by atoms with Gasteiger partial charge >= 0.3 is 0 Å². The number of hydrogen-bond acceptors (Lipinski definition) is 3. The molecule has 3 heteroatoms. The van der Waals surface area contributed by atoms with E-state index in [2.05, 4.69) is 18.8 Å². The highest BCUT2D eigenvalue weighted by molar-refractivity contribution is 5.63. The summed E-state index contributed by atoms with van der Waals surface area (Å²) >= 11 is 0. The molecule has 0 aromatic carbocycles. The van der Waals surface area contributed by atoms with Crippen LogP contribution in [0.1, 0.15) is 38.2 Å². The summed E-state index contributed by atoms with van der Waals surface area (Å²) in [5.41, 5.74) is 13.3. The highest BCUT2D eigenvalue weighted by atomic mass is 14.9. The second-order valence-electron chi connectivity index (χ2n) is 3.21. The summed E-state index contributed by atoms with van der Waals surface area (Å²) in [5, 5.41) is 0. The van der Waals surface area contributed by atoms with Crippen LogP contribution in [-0.4, -0.2) is 4.98 Å². The number of nitrogens with two attached hydrogens (primary N) is 2. The van der Waals surface area contributed by atoms with Crippen molar-refractivity contribution in [3.05, 3.63) is 17.8 Å². The first-order valence-corrected chi connectivity index (χ1v) is 4.70. The zero-order valence-electron chi connectivity index (χ0n) is 8.25. The third kappa shape index (κ3) is 1.91. The SMILES string of the molecule is CCC(CC)c1ccnc(N)c1N. The molecule has 0 unspecified atom stereocenters. The fourth-order valence-electron chi connectivity index (χ4n) is 1.59. The minimum atomic E-state index is 0.449. The fraction of sp³-hybridized carbons (Fsp3) is 0.500. The molecule has 0 aliphatic carbocycles. The largest absolute Gasteiger partial charge is 0.396 e. The first-order chi connectivity index (χ1) is 6.20. The molecule has 72 valence electrons. The van der Waals surface area contributed by atoms with Gasteiger partial charge in [-0.25, -0.2) is 4.98 Å². The Morgan fingerprint density at radius 1 is 1.31 bits per heavy atom. The van der Waals surface area contributed by atoms with Crippen molar-refractivity contribution in [1.82, 2.24) is 4.98 Å². The summed E-state index contributed by atoms with van der Waals surface area (Å²) in [6, 6.07) is 1.96. The maximum absolute atomic E-state index is 5.85. The number of rotatable bonds is 3. The molecular formula is C10H17N3. The molecule has 0 amide bonds. The standard InChI is InChI=1S/C10H17N3/c1-3-7(4-2)8-5-6-13-10(12)9(8)11/h5-7H,3-4,11H2,1-2H3,(H2,12,13). The highest BCUT2D eigenvalue weighted by Gasteiger charge is 2.11. The van der Waals surface area contributed by atoms with Crippen LogP contribution >= 0.6 is 0 Å². The number of aromatic nitrogens is 1. The molecule has 4 N–H and O–H groups in total. The van der Waals surface area contributed by atoms with Crippen molar-refractivity contribution >= 4 is 11.5 Å². The van der Waals surface area contributed by atoms with Gasteiger partial charge in [0.1, 0.15) is 5.82 Å². The van der Waals surface area contributed by atoms with E-state index in [1.807, 2.05) is 6.07 Å². The first kappa shape index (κ1) is 9.84. The predicted molar refractivity (Wildman–Crippen MR) is 56.4 cm³/mol. The molecule has 0 aliphatic heterocycles. The van der Waals surface area contributed by atoms with Gasteiger partial charge < -0.3 is 11.5 Å². The summed E-state index contributed by atoms with van der Waals surface area (Å²) in [5.74, 6) is 0.953. The van der Waals surface area contributed by atoms with E-state index in [0.29, 0.717) is 17.4 Å². The third-order valence-corrected chi connectivity index (χ3v) is 2.48. The van der Waals surface area contributed by atoms with E-state index < -0.39 is 0 Å². The Hall–Kier alpha value is -1.25. The van der Waals surface area contributed by atoms with Gasteiger partial charge in [-0.05, 0) is 30.4 Å². The number of nitrogen functional groups attached to an aromatic ring is 2. The summed E-state index contributed by atoms with van der Waals surface area (Å²) < 4.78 is 0. The number of nitrogens with zero attached hydrogens (tertiary/aromatic N) is 1. The van der Waals surface area contributed by atoms with Crippen molar-refractivity contribution in [2.24, 2.45) is 0 Å². The molecule has 1 aromatic heterocycles. The van der Waals surface area contributed by atoms with E-state index in [4.69, 9.17) is 11.5 Å². The zero-order valence-corrected chi connectivity index (χ0v) is 8.25. The van der Waals surface area contributed by atoms with Crippen molar-refractivity contribution in [1.29, 1.82) is 0 Å². The predicted octanol–water partition coefficient (Wildman–Crippen LogP) is 2.15. The van der Waals surface area contributed by atoms with Crippen LogP contribution in [0.15, 0.2) is 12.3 Å². The lowest BCUT2D eigenvalue weighted by molar-refractivity contribution is 0.643. The second kappa shape index (κ2) is 4.12. The second-order valence-corrected chi connectivity index (χ2v) is 3.21. The van der Waals surface area contributed by atoms with Crippen molar-refractivity contribution in [3.63, 3.8) is 0 Å². The third-order valence-electron chi connectivity index (χ3n) is 2.48. The molecule has 1 aromatic rings.